The summed E-state index contributed by atoms with van der Waals surface area (Å²) in [6, 6.07) is 5.57. The smallest absolute Gasteiger partial charge is 0.255 e. The fourth-order valence-corrected chi connectivity index (χ4v) is 1.66. The first-order valence-electron chi connectivity index (χ1n) is 6.45. The summed E-state index contributed by atoms with van der Waals surface area (Å²) in [6.07, 6.45) is 0.966. The van der Waals surface area contributed by atoms with Crippen LogP contribution in [0.15, 0.2) is 18.2 Å². The number of carbonyl (C=O) groups is 1. The number of halogens is 1. The molecule has 0 atom stereocenters. The van der Waals surface area contributed by atoms with Crippen molar-refractivity contribution < 1.29 is 19.0 Å². The molecule has 1 amide bonds. The van der Waals surface area contributed by atoms with E-state index in [4.69, 9.17) is 19.9 Å². The highest BCUT2D eigenvalue weighted by Crippen LogP contribution is 2.27. The number of carbonyl (C=O) groups excluding carboxylic acids is 1. The van der Waals surface area contributed by atoms with Gasteiger partial charge in [-0.2, -0.15) is 0 Å². The first-order valence-corrected chi connectivity index (χ1v) is 6.45. The zero-order valence-electron chi connectivity index (χ0n) is 12.4. The van der Waals surface area contributed by atoms with Crippen LogP contribution in [0.5, 0.6) is 11.5 Å². The van der Waals surface area contributed by atoms with E-state index in [0.29, 0.717) is 11.5 Å². The Hall–Kier alpha value is -1.50. The van der Waals surface area contributed by atoms with Crippen molar-refractivity contribution in [1.29, 1.82) is 0 Å². The molecule has 6 nitrogen and oxygen atoms in total. The van der Waals surface area contributed by atoms with E-state index in [-0.39, 0.29) is 19.0 Å². The Morgan fingerprint density at radius 3 is 2.67 bits per heavy atom. The maximum atomic E-state index is 10.7. The van der Waals surface area contributed by atoms with Crippen LogP contribution in [0.2, 0.25) is 0 Å². The van der Waals surface area contributed by atoms with Crippen molar-refractivity contribution in [2.45, 2.75) is 13.0 Å². The SMILES string of the molecule is COCCCNCc1ccc(OCC(N)=O)c(OC)c1.Cl. The topological polar surface area (TPSA) is 82.8 Å². The third-order valence-electron chi connectivity index (χ3n) is 2.63. The molecule has 0 radical (unpaired) electrons. The van der Waals surface area contributed by atoms with Gasteiger partial charge in [0.05, 0.1) is 7.11 Å². The number of amides is 1. The van der Waals surface area contributed by atoms with E-state index in [2.05, 4.69) is 5.32 Å². The molecule has 1 aromatic carbocycles. The Bertz CT molecular complexity index is 429. The van der Waals surface area contributed by atoms with Crippen LogP contribution in [0, 0.1) is 0 Å². The molecule has 0 aromatic heterocycles. The fraction of sp³-hybridized carbons (Fsp3) is 0.500. The average molecular weight is 319 g/mol. The van der Waals surface area contributed by atoms with Gasteiger partial charge in [-0.25, -0.2) is 0 Å². The molecule has 0 spiro atoms. The van der Waals surface area contributed by atoms with Crippen LogP contribution in [0.1, 0.15) is 12.0 Å². The van der Waals surface area contributed by atoms with E-state index in [1.54, 1.807) is 20.3 Å². The Morgan fingerprint density at radius 1 is 1.29 bits per heavy atom. The van der Waals surface area contributed by atoms with Gasteiger partial charge in [0.25, 0.3) is 5.91 Å². The van der Waals surface area contributed by atoms with Gasteiger partial charge >= 0.3 is 0 Å². The van der Waals surface area contributed by atoms with Crippen LogP contribution in [-0.2, 0) is 16.1 Å². The first-order chi connectivity index (χ1) is 9.67. The lowest BCUT2D eigenvalue weighted by Gasteiger charge is -2.11. The van der Waals surface area contributed by atoms with Crippen molar-refractivity contribution >= 4 is 18.3 Å². The Labute approximate surface area is 131 Å². The molecule has 1 aromatic rings. The molecule has 0 heterocycles. The Balaban J connectivity index is 0.00000400. The molecule has 0 unspecified atom stereocenters. The second kappa shape index (κ2) is 11.2. The number of hydrogen-bond donors (Lipinski definition) is 2. The van der Waals surface area contributed by atoms with E-state index in [0.717, 1.165) is 31.7 Å². The van der Waals surface area contributed by atoms with Gasteiger partial charge in [-0.3, -0.25) is 4.79 Å². The molecule has 0 aliphatic carbocycles. The molecule has 0 saturated heterocycles. The first kappa shape index (κ1) is 19.5. The molecule has 0 aliphatic rings. The summed E-state index contributed by atoms with van der Waals surface area (Å²) in [5.41, 5.74) is 6.12. The summed E-state index contributed by atoms with van der Waals surface area (Å²) in [4.78, 5) is 10.7. The highest BCUT2D eigenvalue weighted by atomic mass is 35.5. The lowest BCUT2D eigenvalue weighted by atomic mass is 10.2. The maximum Gasteiger partial charge on any atom is 0.255 e. The van der Waals surface area contributed by atoms with Crippen LogP contribution in [0.4, 0.5) is 0 Å². The summed E-state index contributed by atoms with van der Waals surface area (Å²) < 4.78 is 15.5. The number of rotatable bonds is 10. The third kappa shape index (κ3) is 7.75. The fourth-order valence-electron chi connectivity index (χ4n) is 1.66. The number of nitrogens with one attached hydrogen (secondary N) is 1. The van der Waals surface area contributed by atoms with Gasteiger partial charge in [-0.15, -0.1) is 12.4 Å². The van der Waals surface area contributed by atoms with Gasteiger partial charge in [-0.05, 0) is 30.7 Å². The molecule has 1 rings (SSSR count). The monoisotopic (exact) mass is 318 g/mol. The molecule has 3 N–H and O–H groups in total. The predicted octanol–water partition coefficient (Wildman–Crippen LogP) is 1.11. The summed E-state index contributed by atoms with van der Waals surface area (Å²) in [6.45, 7) is 2.20. The molecule has 0 bridgehead atoms. The quantitative estimate of drug-likeness (QED) is 0.631. The molecule has 21 heavy (non-hydrogen) atoms. The molecular formula is C14H23ClN2O4. The largest absolute Gasteiger partial charge is 0.493 e. The number of nitrogens with two attached hydrogens (primary N) is 1. The van der Waals surface area contributed by atoms with Crippen molar-refractivity contribution in [2.75, 3.05) is 34.0 Å². The molecular weight excluding hydrogens is 296 g/mol. The highest BCUT2D eigenvalue weighted by molar-refractivity contribution is 5.85. The maximum absolute atomic E-state index is 10.7. The standard InChI is InChI=1S/C14H22N2O4.ClH/c1-18-7-3-6-16-9-11-4-5-12(13(8-11)19-2)20-10-14(15)17;/h4-5,8,16H,3,6-7,9-10H2,1-2H3,(H2,15,17);1H. The van der Waals surface area contributed by atoms with Crippen LogP contribution >= 0.6 is 12.4 Å². The normalized spacial score (nSPS) is 9.81. The minimum Gasteiger partial charge on any atom is -0.493 e. The summed E-state index contributed by atoms with van der Waals surface area (Å²) in [5.74, 6) is 0.577. The number of primary amides is 1. The predicted molar refractivity (Wildman–Crippen MR) is 83.1 cm³/mol. The van der Waals surface area contributed by atoms with Crippen LogP contribution in [0.25, 0.3) is 0 Å². The number of ether oxygens (including phenoxy) is 3. The second-order valence-electron chi connectivity index (χ2n) is 4.26. The van der Waals surface area contributed by atoms with Crippen molar-refractivity contribution in [3.8, 4) is 11.5 Å². The van der Waals surface area contributed by atoms with Crippen molar-refractivity contribution in [1.82, 2.24) is 5.32 Å². The van der Waals surface area contributed by atoms with Crippen molar-refractivity contribution in [2.24, 2.45) is 5.73 Å². The summed E-state index contributed by atoms with van der Waals surface area (Å²) in [5, 5.41) is 3.31. The van der Waals surface area contributed by atoms with Gasteiger partial charge < -0.3 is 25.3 Å². The van der Waals surface area contributed by atoms with E-state index in [1.165, 1.54) is 0 Å². The van der Waals surface area contributed by atoms with Gasteiger partial charge in [0.15, 0.2) is 18.1 Å². The Morgan fingerprint density at radius 2 is 2.05 bits per heavy atom. The van der Waals surface area contributed by atoms with E-state index < -0.39 is 5.91 Å². The van der Waals surface area contributed by atoms with Crippen molar-refractivity contribution in [3.05, 3.63) is 23.8 Å². The van der Waals surface area contributed by atoms with Crippen LogP contribution < -0.4 is 20.5 Å². The van der Waals surface area contributed by atoms with Crippen molar-refractivity contribution in [3.63, 3.8) is 0 Å². The average Bonchev–Trinajstić information content (AvgIpc) is 2.45. The number of benzene rings is 1. The molecule has 120 valence electrons. The highest BCUT2D eigenvalue weighted by Gasteiger charge is 2.07. The van der Waals surface area contributed by atoms with E-state index in [1.807, 2.05) is 12.1 Å². The van der Waals surface area contributed by atoms with Crippen LogP contribution in [-0.4, -0.2) is 39.9 Å². The summed E-state index contributed by atoms with van der Waals surface area (Å²) >= 11 is 0. The lowest BCUT2D eigenvalue weighted by molar-refractivity contribution is -0.119. The zero-order valence-corrected chi connectivity index (χ0v) is 13.2. The van der Waals surface area contributed by atoms with Gasteiger partial charge in [0.1, 0.15) is 0 Å². The van der Waals surface area contributed by atoms with Gasteiger partial charge in [0.2, 0.25) is 0 Å². The molecule has 0 saturated carbocycles. The van der Waals surface area contributed by atoms with E-state index in [9.17, 15) is 4.79 Å². The van der Waals surface area contributed by atoms with Crippen LogP contribution in [0.3, 0.4) is 0 Å². The number of hydrogen-bond acceptors (Lipinski definition) is 5. The minimum atomic E-state index is -0.518. The second-order valence-corrected chi connectivity index (χ2v) is 4.26. The number of methoxy groups -OCH3 is 2. The molecule has 7 heteroatoms. The molecule has 0 fully saturated rings. The minimum absolute atomic E-state index is 0. The van der Waals surface area contributed by atoms with Gasteiger partial charge in [0, 0.05) is 20.3 Å². The lowest BCUT2D eigenvalue weighted by Crippen LogP contribution is -2.20. The third-order valence-corrected chi connectivity index (χ3v) is 2.63. The van der Waals surface area contributed by atoms with Gasteiger partial charge in [-0.1, -0.05) is 6.07 Å². The zero-order chi connectivity index (χ0) is 14.8. The van der Waals surface area contributed by atoms with E-state index >= 15 is 0 Å². The molecule has 0 aliphatic heterocycles. The summed E-state index contributed by atoms with van der Waals surface area (Å²) in [7, 11) is 3.25. The Kier molecular flexibility index (Phi) is 10.4.